The second-order valence-corrected chi connectivity index (χ2v) is 7.93. The molecule has 0 saturated heterocycles. The number of nitrogens with one attached hydrogen (secondary N) is 2. The van der Waals surface area contributed by atoms with Crippen molar-refractivity contribution in [1.29, 1.82) is 0 Å². The van der Waals surface area contributed by atoms with Crippen molar-refractivity contribution in [2.45, 2.75) is 13.3 Å². The van der Waals surface area contributed by atoms with Crippen molar-refractivity contribution < 1.29 is 14.0 Å². The van der Waals surface area contributed by atoms with Crippen LogP contribution in [0.25, 0.3) is 5.69 Å². The SMILES string of the molecule is Cc1cccc(CC(=O)Nc2cnn(-c3cccc(C(=O)Nc4ccc(Cl)c(F)c4)c3)c2)c1. The third-order valence-electron chi connectivity index (χ3n) is 4.86. The van der Waals surface area contributed by atoms with Gasteiger partial charge in [0.1, 0.15) is 5.82 Å². The van der Waals surface area contributed by atoms with Crippen LogP contribution >= 0.6 is 11.6 Å². The number of halogens is 2. The van der Waals surface area contributed by atoms with Crippen LogP contribution in [0.5, 0.6) is 0 Å². The lowest BCUT2D eigenvalue weighted by atomic mass is 10.1. The van der Waals surface area contributed by atoms with E-state index in [2.05, 4.69) is 15.7 Å². The number of carbonyl (C=O) groups excluding carboxylic acids is 2. The Bertz CT molecular complexity index is 1340. The molecule has 0 unspecified atom stereocenters. The van der Waals surface area contributed by atoms with Crippen LogP contribution < -0.4 is 10.6 Å². The van der Waals surface area contributed by atoms with Crippen LogP contribution in [0, 0.1) is 12.7 Å². The Morgan fingerprint density at radius 1 is 1.00 bits per heavy atom. The van der Waals surface area contributed by atoms with Gasteiger partial charge in [-0.25, -0.2) is 9.07 Å². The monoisotopic (exact) mass is 462 g/mol. The number of nitrogens with zero attached hydrogens (tertiary/aromatic N) is 2. The fourth-order valence-corrected chi connectivity index (χ4v) is 3.43. The highest BCUT2D eigenvalue weighted by Crippen LogP contribution is 2.20. The first-order valence-electron chi connectivity index (χ1n) is 10.1. The first kappa shape index (κ1) is 22.2. The van der Waals surface area contributed by atoms with Crippen LogP contribution in [0.2, 0.25) is 5.02 Å². The summed E-state index contributed by atoms with van der Waals surface area (Å²) in [6.07, 6.45) is 3.46. The maximum atomic E-state index is 13.6. The third-order valence-corrected chi connectivity index (χ3v) is 5.17. The van der Waals surface area contributed by atoms with Crippen LogP contribution in [0.3, 0.4) is 0 Å². The normalized spacial score (nSPS) is 10.6. The first-order chi connectivity index (χ1) is 15.9. The number of benzene rings is 3. The van der Waals surface area contributed by atoms with Crippen molar-refractivity contribution >= 4 is 34.8 Å². The van der Waals surface area contributed by atoms with Crippen LogP contribution in [0.1, 0.15) is 21.5 Å². The van der Waals surface area contributed by atoms with Gasteiger partial charge in [0.25, 0.3) is 5.91 Å². The number of hydrogen-bond acceptors (Lipinski definition) is 3. The molecular weight excluding hydrogens is 443 g/mol. The number of carbonyl (C=O) groups is 2. The zero-order valence-corrected chi connectivity index (χ0v) is 18.4. The minimum Gasteiger partial charge on any atom is -0.323 e. The molecule has 0 bridgehead atoms. The maximum absolute atomic E-state index is 13.6. The minimum absolute atomic E-state index is 0.0181. The smallest absolute Gasteiger partial charge is 0.255 e. The van der Waals surface area contributed by atoms with E-state index < -0.39 is 11.7 Å². The molecule has 4 aromatic rings. The van der Waals surface area contributed by atoms with Crippen molar-refractivity contribution in [2.75, 3.05) is 10.6 Å². The molecule has 0 radical (unpaired) electrons. The molecule has 0 aliphatic carbocycles. The van der Waals surface area contributed by atoms with E-state index in [-0.39, 0.29) is 17.4 Å². The third kappa shape index (κ3) is 5.64. The van der Waals surface area contributed by atoms with Gasteiger partial charge in [-0.15, -0.1) is 0 Å². The standard InChI is InChI=1S/C25H20ClFN4O2/c1-16-4-2-5-17(10-16)11-24(32)29-20-14-28-31(15-20)21-7-3-6-18(12-21)25(33)30-19-8-9-22(26)23(27)13-19/h2-10,12-15H,11H2,1H3,(H,29,32)(H,30,33). The highest BCUT2D eigenvalue weighted by atomic mass is 35.5. The van der Waals surface area contributed by atoms with Crippen LogP contribution in [0.4, 0.5) is 15.8 Å². The van der Waals surface area contributed by atoms with Gasteiger partial charge < -0.3 is 10.6 Å². The summed E-state index contributed by atoms with van der Waals surface area (Å²) in [6, 6.07) is 18.6. The average Bonchev–Trinajstić information content (AvgIpc) is 3.24. The van der Waals surface area contributed by atoms with Gasteiger partial charge in [0.05, 0.1) is 35.2 Å². The van der Waals surface area contributed by atoms with Crippen LogP contribution in [-0.4, -0.2) is 21.6 Å². The van der Waals surface area contributed by atoms with Gasteiger partial charge in [0.15, 0.2) is 0 Å². The number of hydrogen-bond donors (Lipinski definition) is 2. The minimum atomic E-state index is -0.614. The Hall–Kier alpha value is -3.97. The fraction of sp³-hybridized carbons (Fsp3) is 0.0800. The largest absolute Gasteiger partial charge is 0.323 e. The molecule has 0 fully saturated rings. The van der Waals surface area contributed by atoms with Gasteiger partial charge >= 0.3 is 0 Å². The predicted molar refractivity (Wildman–Crippen MR) is 126 cm³/mol. The zero-order valence-electron chi connectivity index (χ0n) is 17.7. The number of aromatic nitrogens is 2. The van der Waals surface area contributed by atoms with E-state index >= 15 is 0 Å². The van der Waals surface area contributed by atoms with Gasteiger partial charge in [0.2, 0.25) is 5.91 Å². The van der Waals surface area contributed by atoms with E-state index in [1.807, 2.05) is 31.2 Å². The lowest BCUT2D eigenvalue weighted by Crippen LogP contribution is -2.14. The van der Waals surface area contributed by atoms with Crippen molar-refractivity contribution in [1.82, 2.24) is 9.78 Å². The van der Waals surface area contributed by atoms with Gasteiger partial charge in [-0.3, -0.25) is 9.59 Å². The summed E-state index contributed by atoms with van der Waals surface area (Å²) in [7, 11) is 0. The summed E-state index contributed by atoms with van der Waals surface area (Å²) in [5.41, 5.74) is 3.86. The summed E-state index contributed by atoms with van der Waals surface area (Å²) in [4.78, 5) is 25.0. The van der Waals surface area contributed by atoms with E-state index in [1.165, 1.54) is 18.3 Å². The molecule has 3 aromatic carbocycles. The molecular formula is C25H20ClFN4O2. The Morgan fingerprint density at radius 2 is 1.82 bits per heavy atom. The maximum Gasteiger partial charge on any atom is 0.255 e. The van der Waals surface area contributed by atoms with Crippen LogP contribution in [-0.2, 0) is 11.2 Å². The molecule has 0 saturated carbocycles. The first-order valence-corrected chi connectivity index (χ1v) is 10.5. The molecule has 0 atom stereocenters. The molecule has 0 spiro atoms. The van der Waals surface area contributed by atoms with Gasteiger partial charge in [-0.05, 0) is 48.9 Å². The van der Waals surface area contributed by atoms with Gasteiger partial charge in [0, 0.05) is 11.3 Å². The van der Waals surface area contributed by atoms with E-state index in [9.17, 15) is 14.0 Å². The van der Waals surface area contributed by atoms with E-state index in [4.69, 9.17) is 11.6 Å². The van der Waals surface area contributed by atoms with Crippen molar-refractivity contribution in [3.05, 3.63) is 107 Å². The van der Waals surface area contributed by atoms with E-state index in [1.54, 1.807) is 35.1 Å². The fourth-order valence-electron chi connectivity index (χ4n) is 3.31. The molecule has 6 nitrogen and oxygen atoms in total. The highest BCUT2D eigenvalue weighted by Gasteiger charge is 2.11. The molecule has 33 heavy (non-hydrogen) atoms. The van der Waals surface area contributed by atoms with Crippen molar-refractivity contribution in [2.24, 2.45) is 0 Å². The van der Waals surface area contributed by atoms with E-state index in [0.29, 0.717) is 22.6 Å². The molecule has 8 heteroatoms. The lowest BCUT2D eigenvalue weighted by Gasteiger charge is -2.08. The summed E-state index contributed by atoms with van der Waals surface area (Å²) in [6.45, 7) is 1.98. The average molecular weight is 463 g/mol. The topological polar surface area (TPSA) is 76.0 Å². The summed E-state index contributed by atoms with van der Waals surface area (Å²) in [5.74, 6) is -1.17. The molecule has 166 valence electrons. The summed E-state index contributed by atoms with van der Waals surface area (Å²) >= 11 is 5.68. The molecule has 4 rings (SSSR count). The van der Waals surface area contributed by atoms with Gasteiger partial charge in [-0.2, -0.15) is 5.10 Å². The Kier molecular flexibility index (Phi) is 6.51. The lowest BCUT2D eigenvalue weighted by molar-refractivity contribution is -0.115. The molecule has 1 heterocycles. The number of aryl methyl sites for hydroxylation is 1. The van der Waals surface area contributed by atoms with Crippen molar-refractivity contribution in [3.63, 3.8) is 0 Å². The quantitative estimate of drug-likeness (QED) is 0.402. The molecule has 2 N–H and O–H groups in total. The Morgan fingerprint density at radius 3 is 2.61 bits per heavy atom. The predicted octanol–water partition coefficient (Wildman–Crippen LogP) is 5.41. The van der Waals surface area contributed by atoms with Crippen LogP contribution in [0.15, 0.2) is 79.1 Å². The highest BCUT2D eigenvalue weighted by molar-refractivity contribution is 6.30. The van der Waals surface area contributed by atoms with Gasteiger partial charge in [-0.1, -0.05) is 47.5 Å². The van der Waals surface area contributed by atoms with E-state index in [0.717, 1.165) is 17.2 Å². The molecule has 2 amide bonds. The number of anilines is 2. The zero-order chi connectivity index (χ0) is 23.4. The molecule has 0 aliphatic heterocycles. The number of amides is 2. The number of rotatable bonds is 6. The van der Waals surface area contributed by atoms with Crippen molar-refractivity contribution in [3.8, 4) is 5.69 Å². The summed E-state index contributed by atoms with van der Waals surface area (Å²) < 4.78 is 15.2. The Labute approximate surface area is 195 Å². The Balaban J connectivity index is 1.43. The molecule has 0 aliphatic rings. The second kappa shape index (κ2) is 9.67. The second-order valence-electron chi connectivity index (χ2n) is 7.52. The summed E-state index contributed by atoms with van der Waals surface area (Å²) in [5, 5.41) is 9.73. The molecule has 1 aromatic heterocycles.